The molecule has 738 valence electrons. The number of aromatic amines is 1. The van der Waals surface area contributed by atoms with E-state index in [1.807, 2.05) is 6.92 Å². The molecule has 3 aliphatic rings. The van der Waals surface area contributed by atoms with Gasteiger partial charge in [-0.05, 0) is 112 Å². The van der Waals surface area contributed by atoms with Crippen LogP contribution in [0.3, 0.4) is 0 Å². The van der Waals surface area contributed by atoms with Crippen LogP contribution in [-0.2, 0) is 112 Å². The number of likely N-dealkylation sites (N-methyl/N-ethyl adjacent to an activating group) is 3. The average Bonchev–Trinajstić information content (AvgIpc) is 1.62. The summed E-state index contributed by atoms with van der Waals surface area (Å²) in [7, 11) is 3.78. The number of nitrogens with zero attached hydrogens (tertiary/aromatic N) is 7. The van der Waals surface area contributed by atoms with E-state index in [0.717, 1.165) is 45.4 Å². The van der Waals surface area contributed by atoms with Gasteiger partial charge >= 0.3 is 11.7 Å². The van der Waals surface area contributed by atoms with Crippen LogP contribution >= 0.6 is 11.8 Å². The topological polar surface area (TPSA) is 651 Å². The number of carboxylic acid groups (broad SMARTS) is 1. The van der Waals surface area contributed by atoms with E-state index < -0.39 is 260 Å². The lowest BCUT2D eigenvalue weighted by Gasteiger charge is -2.36. The number of hydrogen-bond acceptors (Lipinski definition) is 24. The van der Waals surface area contributed by atoms with Crippen molar-refractivity contribution in [1.29, 1.82) is 0 Å². The SMILES string of the molecule is CCCC[C@H]1C(=O)N(C)[C@@H](CCCC)C(=O)N[C@@H](CC(C)C)C(=O)N[C@H](C(=O)NCC(N)=O)CSCC(=O)N[C@@H](Cc2ccc(O)cc2)C(=O)N(C)[C@@H](C)C(=O)N[C@@H](CC(N)=O)C(=O)N2CCC[C@H]2C(=O)N[C@@H](CN)C(=O)N[C@@H](CC(C)C)C(=O)N2C[C@H](O)C[C@H]2C(=O)N[C@@H](Cc2c[nH]c3ccccc23)C(=O)N[C@@H](CCN)C(=O)N[C@@H](Cn2c(=O)n(CC(=O)O)c3ccccc32)C(=O)N1C. The molecule has 0 unspecified atom stereocenters. The number of thioether (sulfide) groups is 1. The second kappa shape index (κ2) is 50.3. The fourth-order valence-electron chi connectivity index (χ4n) is 16.7. The third-order valence-corrected chi connectivity index (χ3v) is 25.1. The predicted octanol–water partition coefficient (Wildman–Crippen LogP) is -3.62. The van der Waals surface area contributed by atoms with Crippen LogP contribution in [0.4, 0.5) is 0 Å². The monoisotopic (exact) mass is 1900 g/mol. The molecule has 3 saturated heterocycles. The molecule has 22 N–H and O–H groups in total. The largest absolute Gasteiger partial charge is 0.508 e. The van der Waals surface area contributed by atoms with Crippen molar-refractivity contribution in [2.75, 3.05) is 65.4 Å². The lowest BCUT2D eigenvalue weighted by atomic mass is 10.00. The van der Waals surface area contributed by atoms with Gasteiger partial charge in [0.2, 0.25) is 100 Å². The van der Waals surface area contributed by atoms with Gasteiger partial charge < -0.3 is 121 Å². The number of unbranched alkanes of at least 4 members (excludes halogenated alkanes) is 2. The van der Waals surface area contributed by atoms with Gasteiger partial charge in [-0.15, -0.1) is 11.8 Å². The van der Waals surface area contributed by atoms with E-state index in [-0.39, 0.29) is 106 Å². The van der Waals surface area contributed by atoms with Gasteiger partial charge in [0.15, 0.2) is 0 Å². The molecular weight excluding hydrogens is 1770 g/mol. The summed E-state index contributed by atoms with van der Waals surface area (Å²) < 4.78 is 1.98. The lowest BCUT2D eigenvalue weighted by Crippen LogP contribution is -2.62. The molecule has 5 heterocycles. The number of rotatable bonds is 26. The van der Waals surface area contributed by atoms with E-state index in [2.05, 4.69) is 58.2 Å². The van der Waals surface area contributed by atoms with Crippen molar-refractivity contribution in [3.63, 3.8) is 0 Å². The quantitative estimate of drug-likeness (QED) is 0.0254. The molecule has 15 atom stereocenters. The summed E-state index contributed by atoms with van der Waals surface area (Å²) in [5.41, 5.74) is 24.3. The Morgan fingerprint density at radius 1 is 0.548 bits per heavy atom. The first kappa shape index (κ1) is 107. The molecule has 0 spiro atoms. The molecule has 8 rings (SSSR count). The van der Waals surface area contributed by atoms with Crippen molar-refractivity contribution < 1.29 is 102 Å². The molecule has 0 radical (unpaired) electrons. The Kier molecular flexibility index (Phi) is 40.0. The Hall–Kier alpha value is -13.0. The second-order valence-corrected chi connectivity index (χ2v) is 36.3. The highest BCUT2D eigenvalue weighted by Gasteiger charge is 2.47. The van der Waals surface area contributed by atoms with Crippen molar-refractivity contribution >= 4 is 140 Å². The summed E-state index contributed by atoms with van der Waals surface area (Å²) in [6, 6.07) is -3.62. The highest BCUT2D eigenvalue weighted by Crippen LogP contribution is 2.28. The Bertz CT molecular complexity index is 5180. The highest BCUT2D eigenvalue weighted by molar-refractivity contribution is 8.00. The summed E-state index contributed by atoms with van der Waals surface area (Å²) in [5, 5.41) is 58.6. The van der Waals surface area contributed by atoms with Crippen LogP contribution in [-0.4, -0.2) is 316 Å². The van der Waals surface area contributed by atoms with Crippen LogP contribution in [0.25, 0.3) is 21.9 Å². The minimum absolute atomic E-state index is 0.0263. The first-order valence-corrected chi connectivity index (χ1v) is 46.5. The number of aromatic nitrogens is 3. The standard InChI is InChI=1S/C90H130N22O22S/c1-11-13-22-68-82(126)99-58(34-48(3)4)79(123)105-65(77(121)96-42-73(94)116)46-135-47-74(117)97-61(36-51-27-29-53(113)30-28-51)85(129)106(8)50(7)76(120)101-62(39-72(93)115)87(131)109-33-19-26-69(109)83(127)103-63(40-92)81(125)102-60(35-49(5)6)88(132)110-43-54(114)38-71(110)84(128)100-59(37-52-41-95-56-21-16-15-20-55(52)56)80(124)98-57(31-32-91)78(122)104-64(86(130)108(10)70(23-14-12-2)89(133)107(68)9)44-111-66-24-17-18-25-67(66)112(90(111)134)45-75(118)119/h15-18,20-21,24-25,27-30,41,48-50,54,57-65,68-71,95,113-114H,11-14,19,22-23,26,31-40,42-47,91-92H2,1-10H3,(H2,93,115)(H2,94,116)(H,96,121)(H,97,117)(H,98,124)(H,99,126)(H,100,128)(H,101,120)(H,102,125)(H,103,127)(H,104,122)(H,105,123)(H,118,119)/t50-,54+,57-,58-,59-,60-,61-,62-,63-,64-,65-,68-,69-,70-,71-/m0/s1. The molecule has 17 amide bonds. The molecular formula is C90H130N22O22S. The van der Waals surface area contributed by atoms with Crippen LogP contribution in [0.1, 0.15) is 143 Å². The van der Waals surface area contributed by atoms with Gasteiger partial charge in [0.25, 0.3) is 0 Å². The molecule has 0 bridgehead atoms. The number of amides is 17. The summed E-state index contributed by atoms with van der Waals surface area (Å²) in [4.78, 5) is 285. The average molecular weight is 1900 g/mol. The third-order valence-electron chi connectivity index (χ3n) is 24.1. The second-order valence-electron chi connectivity index (χ2n) is 35.3. The number of aliphatic carboxylic acids is 1. The number of para-hydroxylation sites is 3. The number of imidazole rings is 1. The number of aliphatic hydroxyl groups is 1. The molecule has 2 aromatic heterocycles. The van der Waals surface area contributed by atoms with Crippen LogP contribution in [0, 0.1) is 11.8 Å². The number of hydrogen-bond donors (Lipinski definition) is 18. The van der Waals surface area contributed by atoms with Gasteiger partial charge in [0.1, 0.15) is 96.9 Å². The molecule has 45 heteroatoms. The summed E-state index contributed by atoms with van der Waals surface area (Å²) in [6.45, 7) is 7.93. The van der Waals surface area contributed by atoms with Gasteiger partial charge in [-0.25, -0.2) is 4.79 Å². The molecule has 3 aromatic carbocycles. The van der Waals surface area contributed by atoms with E-state index in [0.29, 0.717) is 41.3 Å². The van der Waals surface area contributed by atoms with Crippen molar-refractivity contribution in [2.45, 2.75) is 249 Å². The number of carboxylic acids is 1. The summed E-state index contributed by atoms with van der Waals surface area (Å²) in [6.07, 6.45) is -0.709. The normalized spacial score (nSPS) is 24.9. The van der Waals surface area contributed by atoms with Gasteiger partial charge in [-0.3, -0.25) is 95.4 Å². The number of primary amides is 2. The van der Waals surface area contributed by atoms with Crippen molar-refractivity contribution in [3.8, 4) is 5.75 Å². The van der Waals surface area contributed by atoms with Gasteiger partial charge in [-0.1, -0.05) is 110 Å². The number of aromatic hydroxyl groups is 1. The number of phenolic OH excluding ortho intramolecular Hbond substituents is 1. The fourth-order valence-corrected chi connectivity index (χ4v) is 17.6. The zero-order valence-electron chi connectivity index (χ0n) is 77.7. The van der Waals surface area contributed by atoms with E-state index in [4.69, 9.17) is 22.9 Å². The lowest BCUT2D eigenvalue weighted by molar-refractivity contribution is -0.149. The van der Waals surface area contributed by atoms with Crippen LogP contribution < -0.4 is 81.8 Å². The number of carbonyl (C=O) groups is 18. The minimum Gasteiger partial charge on any atom is -0.508 e. The maximum atomic E-state index is 16.0. The first-order valence-electron chi connectivity index (χ1n) is 45.4. The molecule has 0 aliphatic carbocycles. The van der Waals surface area contributed by atoms with Crippen molar-refractivity contribution in [3.05, 3.63) is 101 Å². The van der Waals surface area contributed by atoms with Crippen LogP contribution in [0.15, 0.2) is 83.8 Å². The fraction of sp³-hybridized carbons (Fsp3) is 0.567. The predicted molar refractivity (Wildman–Crippen MR) is 495 cm³/mol. The molecule has 135 heavy (non-hydrogen) atoms. The first-order chi connectivity index (χ1) is 64.0. The number of nitrogens with two attached hydrogens (primary N) is 4. The van der Waals surface area contributed by atoms with Crippen LogP contribution in [0.2, 0.25) is 0 Å². The van der Waals surface area contributed by atoms with Crippen molar-refractivity contribution in [1.82, 2.24) is 91.8 Å². The smallest absolute Gasteiger partial charge is 0.329 e. The van der Waals surface area contributed by atoms with E-state index in [1.165, 1.54) is 76.6 Å². The third kappa shape index (κ3) is 29.2. The Labute approximate surface area is 784 Å². The summed E-state index contributed by atoms with van der Waals surface area (Å²) >= 11 is 0.771. The van der Waals surface area contributed by atoms with Gasteiger partial charge in [0, 0.05) is 82.9 Å². The minimum atomic E-state index is -1.90. The number of nitrogens with one attached hydrogen (secondary N) is 11. The number of benzene rings is 3. The summed E-state index contributed by atoms with van der Waals surface area (Å²) in [5.74, 6) is -19.7. The Morgan fingerprint density at radius 3 is 1.73 bits per heavy atom. The van der Waals surface area contributed by atoms with E-state index in [9.17, 15) is 72.9 Å². The molecule has 3 aliphatic heterocycles. The Balaban J connectivity index is 1.21. The number of H-pyrrole nitrogens is 1. The molecule has 0 saturated carbocycles. The van der Waals surface area contributed by atoms with Crippen molar-refractivity contribution in [2.24, 2.45) is 34.8 Å². The number of aliphatic hydroxyl groups excluding tert-OH is 1. The van der Waals surface area contributed by atoms with E-state index >= 15 is 33.6 Å². The Morgan fingerprint density at radius 2 is 1.10 bits per heavy atom. The van der Waals surface area contributed by atoms with Gasteiger partial charge in [-0.2, -0.15) is 0 Å². The zero-order chi connectivity index (χ0) is 99.5. The molecule has 44 nitrogen and oxygen atoms in total. The van der Waals surface area contributed by atoms with E-state index in [1.54, 1.807) is 65.1 Å². The van der Waals surface area contributed by atoms with Crippen LogP contribution in [0.5, 0.6) is 5.75 Å². The maximum absolute atomic E-state index is 16.0. The zero-order valence-corrected chi connectivity index (χ0v) is 78.6. The molecule has 5 aromatic rings. The molecule has 3 fully saturated rings. The highest BCUT2D eigenvalue weighted by atomic mass is 32.2. The number of fused-ring (bicyclic) bond motifs is 4. The maximum Gasteiger partial charge on any atom is 0.329 e. The number of phenols is 1. The van der Waals surface area contributed by atoms with Gasteiger partial charge in [0.05, 0.1) is 42.4 Å². The number of carbonyl (C=O) groups excluding carboxylic acids is 17.